The van der Waals surface area contributed by atoms with Gasteiger partial charge in [-0.1, -0.05) is 12.1 Å². The van der Waals surface area contributed by atoms with Gasteiger partial charge in [-0.2, -0.15) is 0 Å². The summed E-state index contributed by atoms with van der Waals surface area (Å²) in [4.78, 5) is 0. The standard InChI is InChI=1S/C14H22BNO4S/c1-13(2)14(3,4)20-15(19-13)11-8-10(6-7-12(11)16)9-21(5,17)18/h6-8H,9,16H2,1-5H3. The molecule has 0 amide bonds. The van der Waals surface area contributed by atoms with E-state index in [4.69, 9.17) is 15.0 Å². The topological polar surface area (TPSA) is 78.6 Å². The summed E-state index contributed by atoms with van der Waals surface area (Å²) < 4.78 is 34.8. The molecular formula is C14H22BNO4S. The van der Waals surface area contributed by atoms with E-state index < -0.39 is 28.2 Å². The molecule has 1 fully saturated rings. The van der Waals surface area contributed by atoms with E-state index in [9.17, 15) is 8.42 Å². The minimum absolute atomic E-state index is 0.0280. The Bertz CT molecular complexity index is 639. The van der Waals surface area contributed by atoms with Crippen LogP contribution >= 0.6 is 0 Å². The summed E-state index contributed by atoms with van der Waals surface area (Å²) in [5.41, 5.74) is 6.96. The fraction of sp³-hybridized carbons (Fsp3) is 0.571. The molecule has 1 aromatic rings. The summed E-state index contributed by atoms with van der Waals surface area (Å²) >= 11 is 0. The quantitative estimate of drug-likeness (QED) is 0.668. The number of anilines is 1. The SMILES string of the molecule is CC1(C)OB(c2cc(CS(C)(=O)=O)ccc2N)OC1(C)C. The van der Waals surface area contributed by atoms with Crippen molar-refractivity contribution >= 4 is 28.1 Å². The summed E-state index contributed by atoms with van der Waals surface area (Å²) in [7, 11) is -3.69. The molecule has 21 heavy (non-hydrogen) atoms. The van der Waals surface area contributed by atoms with Gasteiger partial charge in [0.25, 0.3) is 0 Å². The van der Waals surface area contributed by atoms with Crippen molar-refractivity contribution in [2.24, 2.45) is 0 Å². The van der Waals surface area contributed by atoms with Crippen LogP contribution in [0.3, 0.4) is 0 Å². The number of hydrogen-bond acceptors (Lipinski definition) is 5. The lowest BCUT2D eigenvalue weighted by atomic mass is 9.77. The normalized spacial score (nSPS) is 20.7. The van der Waals surface area contributed by atoms with Gasteiger partial charge in [0.2, 0.25) is 0 Å². The Kier molecular flexibility index (Phi) is 3.89. The van der Waals surface area contributed by atoms with E-state index in [0.29, 0.717) is 16.7 Å². The van der Waals surface area contributed by atoms with Gasteiger partial charge in [0, 0.05) is 17.4 Å². The first-order chi connectivity index (χ1) is 9.41. The van der Waals surface area contributed by atoms with E-state index in [2.05, 4.69) is 0 Å². The molecule has 0 saturated carbocycles. The van der Waals surface area contributed by atoms with Crippen molar-refractivity contribution < 1.29 is 17.7 Å². The summed E-state index contributed by atoms with van der Waals surface area (Å²) in [5.74, 6) is -0.0280. The molecule has 2 rings (SSSR count). The molecule has 0 radical (unpaired) electrons. The van der Waals surface area contributed by atoms with E-state index >= 15 is 0 Å². The van der Waals surface area contributed by atoms with Gasteiger partial charge < -0.3 is 15.0 Å². The lowest BCUT2D eigenvalue weighted by Crippen LogP contribution is -2.41. The highest BCUT2D eigenvalue weighted by molar-refractivity contribution is 7.89. The second-order valence-corrected chi connectivity index (χ2v) is 8.76. The van der Waals surface area contributed by atoms with Crippen LogP contribution in [0.2, 0.25) is 0 Å². The Balaban J connectivity index is 2.35. The number of benzene rings is 1. The van der Waals surface area contributed by atoms with Crippen LogP contribution in [0, 0.1) is 0 Å². The van der Waals surface area contributed by atoms with Crippen LogP contribution in [-0.2, 0) is 24.9 Å². The van der Waals surface area contributed by atoms with Gasteiger partial charge in [-0.3, -0.25) is 0 Å². The third kappa shape index (κ3) is 3.41. The van der Waals surface area contributed by atoms with Crippen LogP contribution in [0.4, 0.5) is 5.69 Å². The predicted molar refractivity (Wildman–Crippen MR) is 85.1 cm³/mol. The third-order valence-electron chi connectivity index (χ3n) is 4.09. The second kappa shape index (κ2) is 5.00. The third-order valence-corrected chi connectivity index (χ3v) is 4.94. The summed E-state index contributed by atoms with van der Waals surface area (Å²) in [6.07, 6.45) is 1.21. The van der Waals surface area contributed by atoms with Gasteiger partial charge in [0.15, 0.2) is 9.84 Å². The van der Waals surface area contributed by atoms with Gasteiger partial charge in [0.1, 0.15) is 0 Å². The molecule has 1 aliphatic rings. The molecular weight excluding hydrogens is 289 g/mol. The molecule has 5 nitrogen and oxygen atoms in total. The first-order valence-corrected chi connectivity index (χ1v) is 8.89. The van der Waals surface area contributed by atoms with Crippen LogP contribution in [0.5, 0.6) is 0 Å². The molecule has 1 heterocycles. The lowest BCUT2D eigenvalue weighted by molar-refractivity contribution is 0.00578. The van der Waals surface area contributed by atoms with E-state index in [-0.39, 0.29) is 5.75 Å². The Morgan fingerprint density at radius 3 is 2.14 bits per heavy atom. The fourth-order valence-corrected chi connectivity index (χ4v) is 2.98. The van der Waals surface area contributed by atoms with Crippen molar-refractivity contribution in [2.75, 3.05) is 12.0 Å². The maximum atomic E-state index is 11.4. The highest BCUT2D eigenvalue weighted by Crippen LogP contribution is 2.36. The molecule has 0 atom stereocenters. The van der Waals surface area contributed by atoms with Gasteiger partial charge in [-0.25, -0.2) is 8.42 Å². The van der Waals surface area contributed by atoms with Crippen molar-refractivity contribution in [1.82, 2.24) is 0 Å². The predicted octanol–water partition coefficient (Wildman–Crippen LogP) is 1.11. The fourth-order valence-electron chi connectivity index (χ4n) is 2.19. The van der Waals surface area contributed by atoms with Crippen LogP contribution in [0.25, 0.3) is 0 Å². The van der Waals surface area contributed by atoms with E-state index in [0.717, 1.165) is 0 Å². The lowest BCUT2D eigenvalue weighted by Gasteiger charge is -2.32. The minimum atomic E-state index is -3.10. The molecule has 0 aliphatic carbocycles. The second-order valence-electron chi connectivity index (χ2n) is 6.62. The van der Waals surface area contributed by atoms with E-state index in [1.807, 2.05) is 27.7 Å². The van der Waals surface area contributed by atoms with Crippen LogP contribution in [0.1, 0.15) is 33.3 Å². The maximum absolute atomic E-state index is 11.4. The largest absolute Gasteiger partial charge is 0.496 e. The van der Waals surface area contributed by atoms with E-state index in [1.165, 1.54) is 6.26 Å². The van der Waals surface area contributed by atoms with E-state index in [1.54, 1.807) is 18.2 Å². The molecule has 0 aromatic heterocycles. The zero-order chi connectivity index (χ0) is 16.1. The average Bonchev–Trinajstić information content (AvgIpc) is 2.49. The molecule has 7 heteroatoms. The minimum Gasteiger partial charge on any atom is -0.399 e. The first-order valence-electron chi connectivity index (χ1n) is 6.83. The Hall–Kier alpha value is -1.05. The smallest absolute Gasteiger partial charge is 0.399 e. The zero-order valence-corrected chi connectivity index (χ0v) is 14.0. The number of sulfone groups is 1. The molecule has 2 N–H and O–H groups in total. The summed E-state index contributed by atoms with van der Waals surface area (Å²) in [5, 5.41) is 0. The molecule has 1 saturated heterocycles. The molecule has 0 bridgehead atoms. The highest BCUT2D eigenvalue weighted by atomic mass is 32.2. The van der Waals surface area contributed by atoms with Gasteiger partial charge >= 0.3 is 7.12 Å². The molecule has 0 spiro atoms. The number of nitrogens with two attached hydrogens (primary N) is 1. The summed E-state index contributed by atoms with van der Waals surface area (Å²) in [6, 6.07) is 5.16. The Labute approximate surface area is 126 Å². The molecule has 116 valence electrons. The Morgan fingerprint density at radius 1 is 1.14 bits per heavy atom. The number of hydrogen-bond donors (Lipinski definition) is 1. The van der Waals surface area contributed by atoms with Gasteiger partial charge in [-0.05, 0) is 39.3 Å². The van der Waals surface area contributed by atoms with Crippen LogP contribution < -0.4 is 11.2 Å². The van der Waals surface area contributed by atoms with Crippen LogP contribution in [-0.4, -0.2) is 33.0 Å². The maximum Gasteiger partial charge on any atom is 0.496 e. The van der Waals surface area contributed by atoms with Crippen molar-refractivity contribution in [3.05, 3.63) is 23.8 Å². The molecule has 0 unspecified atom stereocenters. The average molecular weight is 311 g/mol. The van der Waals surface area contributed by atoms with Crippen molar-refractivity contribution in [1.29, 1.82) is 0 Å². The van der Waals surface area contributed by atoms with Crippen LogP contribution in [0.15, 0.2) is 18.2 Å². The zero-order valence-electron chi connectivity index (χ0n) is 13.1. The number of nitrogen functional groups attached to an aromatic ring is 1. The van der Waals surface area contributed by atoms with Crippen molar-refractivity contribution in [2.45, 2.75) is 44.6 Å². The molecule has 1 aromatic carbocycles. The monoisotopic (exact) mass is 311 g/mol. The van der Waals surface area contributed by atoms with Gasteiger partial charge in [0.05, 0.1) is 17.0 Å². The molecule has 1 aliphatic heterocycles. The van der Waals surface area contributed by atoms with Crippen molar-refractivity contribution in [3.63, 3.8) is 0 Å². The van der Waals surface area contributed by atoms with Gasteiger partial charge in [-0.15, -0.1) is 0 Å². The highest BCUT2D eigenvalue weighted by Gasteiger charge is 2.52. The first kappa shape index (κ1) is 16.3. The number of rotatable bonds is 3. The Morgan fingerprint density at radius 2 is 1.67 bits per heavy atom. The summed E-state index contributed by atoms with van der Waals surface area (Å²) in [6.45, 7) is 7.85. The van der Waals surface area contributed by atoms with Crippen molar-refractivity contribution in [3.8, 4) is 0 Å².